The summed E-state index contributed by atoms with van der Waals surface area (Å²) in [6.45, 7) is 1.90. The molecule has 2 aromatic carbocycles. The number of rotatable bonds is 2. The van der Waals surface area contributed by atoms with E-state index < -0.39 is 5.92 Å². The molecule has 0 radical (unpaired) electrons. The molecule has 3 rings (SSSR count). The molecule has 1 aliphatic rings. The number of fused-ring (bicyclic) bond motifs is 1. The number of ketones is 1. The van der Waals surface area contributed by atoms with Gasteiger partial charge < -0.3 is 5.32 Å². The Morgan fingerprint density at radius 2 is 2.00 bits per heavy atom. The van der Waals surface area contributed by atoms with Crippen LogP contribution in [0.4, 0.5) is 5.69 Å². The van der Waals surface area contributed by atoms with E-state index >= 15 is 0 Å². The van der Waals surface area contributed by atoms with Gasteiger partial charge in [0.15, 0.2) is 5.78 Å². The zero-order valence-electron chi connectivity index (χ0n) is 11.5. The zero-order chi connectivity index (χ0) is 15.0. The molecule has 0 aliphatic heterocycles. The maximum atomic E-state index is 12.5. The first-order valence-electron chi connectivity index (χ1n) is 6.75. The summed E-state index contributed by atoms with van der Waals surface area (Å²) < 4.78 is 0. The molecule has 0 heterocycles. The number of anilines is 1. The van der Waals surface area contributed by atoms with Gasteiger partial charge in [0, 0.05) is 22.7 Å². The summed E-state index contributed by atoms with van der Waals surface area (Å²) in [7, 11) is 0. The number of hydrogen-bond acceptors (Lipinski definition) is 2. The average molecular weight is 300 g/mol. The van der Waals surface area contributed by atoms with Crippen molar-refractivity contribution < 1.29 is 9.59 Å². The second-order valence-corrected chi connectivity index (χ2v) is 5.65. The molecule has 1 atom stereocenters. The molecule has 1 N–H and O–H groups in total. The van der Waals surface area contributed by atoms with Crippen LogP contribution in [0.2, 0.25) is 5.02 Å². The summed E-state index contributed by atoms with van der Waals surface area (Å²) in [6.07, 6.45) is 0.227. The van der Waals surface area contributed by atoms with E-state index in [1.54, 1.807) is 18.2 Å². The highest BCUT2D eigenvalue weighted by Gasteiger charge is 2.33. The van der Waals surface area contributed by atoms with Gasteiger partial charge in [0.2, 0.25) is 5.91 Å². The second kappa shape index (κ2) is 5.34. The molecule has 21 heavy (non-hydrogen) atoms. The van der Waals surface area contributed by atoms with Crippen LogP contribution in [0.1, 0.15) is 33.8 Å². The van der Waals surface area contributed by atoms with E-state index in [1.165, 1.54) is 0 Å². The molecule has 0 fully saturated rings. The first-order chi connectivity index (χ1) is 10.1. The lowest BCUT2D eigenvalue weighted by Gasteiger charge is -2.13. The highest BCUT2D eigenvalue weighted by molar-refractivity contribution is 6.31. The summed E-state index contributed by atoms with van der Waals surface area (Å²) in [4.78, 5) is 24.4. The van der Waals surface area contributed by atoms with E-state index in [0.29, 0.717) is 16.3 Å². The number of carbonyl (C=O) groups excluding carboxylic acids is 2. The Labute approximate surface area is 127 Å². The Kier molecular flexibility index (Phi) is 3.52. The monoisotopic (exact) mass is 299 g/mol. The zero-order valence-corrected chi connectivity index (χ0v) is 12.3. The summed E-state index contributed by atoms with van der Waals surface area (Å²) in [5, 5.41) is 3.45. The van der Waals surface area contributed by atoms with Gasteiger partial charge >= 0.3 is 0 Å². The van der Waals surface area contributed by atoms with Crippen molar-refractivity contribution in [3.63, 3.8) is 0 Å². The third kappa shape index (κ3) is 2.57. The van der Waals surface area contributed by atoms with E-state index in [4.69, 9.17) is 11.6 Å². The van der Waals surface area contributed by atoms with E-state index in [1.807, 2.05) is 31.2 Å². The maximum absolute atomic E-state index is 12.5. The molecular weight excluding hydrogens is 286 g/mol. The highest BCUT2D eigenvalue weighted by atomic mass is 35.5. The number of amides is 1. The summed E-state index contributed by atoms with van der Waals surface area (Å²) >= 11 is 5.96. The Balaban J connectivity index is 1.87. The SMILES string of the molecule is Cc1ccc(Cl)cc1NC(=O)[C@@H]1CC(=O)c2ccccc21. The minimum atomic E-state index is -0.424. The molecule has 2 aromatic rings. The molecule has 0 saturated heterocycles. The predicted molar refractivity (Wildman–Crippen MR) is 82.9 cm³/mol. The smallest absolute Gasteiger partial charge is 0.232 e. The predicted octanol–water partition coefficient (Wildman–Crippen LogP) is 3.96. The van der Waals surface area contributed by atoms with E-state index in [9.17, 15) is 9.59 Å². The lowest BCUT2D eigenvalue weighted by molar-refractivity contribution is -0.117. The number of aryl methyl sites for hydroxylation is 1. The molecule has 1 amide bonds. The summed E-state index contributed by atoms with van der Waals surface area (Å²) in [5.41, 5.74) is 3.08. The Hall–Kier alpha value is -2.13. The molecule has 0 unspecified atom stereocenters. The van der Waals surface area contributed by atoms with E-state index in [0.717, 1.165) is 11.1 Å². The summed E-state index contributed by atoms with van der Waals surface area (Å²) in [6, 6.07) is 12.6. The van der Waals surface area contributed by atoms with Crippen molar-refractivity contribution in [2.45, 2.75) is 19.3 Å². The number of halogens is 1. The molecule has 0 saturated carbocycles. The van der Waals surface area contributed by atoms with Crippen molar-refractivity contribution >= 4 is 29.0 Å². The van der Waals surface area contributed by atoms with Crippen molar-refractivity contribution in [1.29, 1.82) is 0 Å². The molecule has 0 spiro atoms. The Bertz CT molecular complexity index is 739. The van der Waals surface area contributed by atoms with Crippen LogP contribution in [0.15, 0.2) is 42.5 Å². The minimum Gasteiger partial charge on any atom is -0.325 e. The number of benzene rings is 2. The first-order valence-corrected chi connectivity index (χ1v) is 7.13. The lowest BCUT2D eigenvalue weighted by atomic mass is 10.0. The van der Waals surface area contributed by atoms with Gasteiger partial charge in [-0.05, 0) is 30.2 Å². The van der Waals surface area contributed by atoms with Crippen LogP contribution in [0.5, 0.6) is 0 Å². The van der Waals surface area contributed by atoms with Crippen molar-refractivity contribution in [3.8, 4) is 0 Å². The molecular formula is C17H14ClNO2. The van der Waals surface area contributed by atoms with Crippen LogP contribution in [-0.2, 0) is 4.79 Å². The van der Waals surface area contributed by atoms with Gasteiger partial charge in [-0.2, -0.15) is 0 Å². The van der Waals surface area contributed by atoms with Crippen LogP contribution < -0.4 is 5.32 Å². The highest BCUT2D eigenvalue weighted by Crippen LogP contribution is 2.34. The normalized spacial score (nSPS) is 16.7. The van der Waals surface area contributed by atoms with Gasteiger partial charge in [-0.15, -0.1) is 0 Å². The van der Waals surface area contributed by atoms with Crippen LogP contribution in [0.25, 0.3) is 0 Å². The van der Waals surface area contributed by atoms with Crippen LogP contribution in [-0.4, -0.2) is 11.7 Å². The maximum Gasteiger partial charge on any atom is 0.232 e. The van der Waals surface area contributed by atoms with Crippen molar-refractivity contribution in [3.05, 3.63) is 64.2 Å². The van der Waals surface area contributed by atoms with Crippen molar-refractivity contribution in [2.75, 3.05) is 5.32 Å². The Morgan fingerprint density at radius 3 is 2.81 bits per heavy atom. The fraction of sp³-hybridized carbons (Fsp3) is 0.176. The van der Waals surface area contributed by atoms with E-state index in [-0.39, 0.29) is 18.1 Å². The molecule has 106 valence electrons. The van der Waals surface area contributed by atoms with Crippen LogP contribution in [0, 0.1) is 6.92 Å². The molecule has 0 aromatic heterocycles. The summed E-state index contributed by atoms with van der Waals surface area (Å²) in [5.74, 6) is -0.570. The second-order valence-electron chi connectivity index (χ2n) is 5.22. The van der Waals surface area contributed by atoms with Crippen molar-refractivity contribution in [2.24, 2.45) is 0 Å². The fourth-order valence-corrected chi connectivity index (χ4v) is 2.81. The third-order valence-electron chi connectivity index (χ3n) is 3.80. The van der Waals surface area contributed by atoms with Gasteiger partial charge in [-0.25, -0.2) is 0 Å². The number of Topliss-reactive ketones (excluding diaryl/α,β-unsaturated/α-hetero) is 1. The van der Waals surface area contributed by atoms with Gasteiger partial charge in [-0.3, -0.25) is 9.59 Å². The molecule has 0 bridgehead atoms. The average Bonchev–Trinajstić information content (AvgIpc) is 2.81. The quantitative estimate of drug-likeness (QED) is 0.912. The topological polar surface area (TPSA) is 46.2 Å². The minimum absolute atomic E-state index is 0.0218. The van der Waals surface area contributed by atoms with Gasteiger partial charge in [0.05, 0.1) is 5.92 Å². The van der Waals surface area contributed by atoms with Crippen LogP contribution in [0.3, 0.4) is 0 Å². The molecule has 4 heteroatoms. The number of hydrogen-bond donors (Lipinski definition) is 1. The number of carbonyl (C=O) groups is 2. The molecule has 3 nitrogen and oxygen atoms in total. The molecule has 1 aliphatic carbocycles. The fourth-order valence-electron chi connectivity index (χ4n) is 2.64. The van der Waals surface area contributed by atoms with Gasteiger partial charge in [-0.1, -0.05) is 41.9 Å². The first kappa shape index (κ1) is 13.8. The van der Waals surface area contributed by atoms with Gasteiger partial charge in [0.25, 0.3) is 0 Å². The standard InChI is InChI=1S/C17H14ClNO2/c1-10-6-7-11(18)8-15(10)19-17(21)14-9-16(20)13-5-3-2-4-12(13)14/h2-8,14H,9H2,1H3,(H,19,21)/t14-/m1/s1. The largest absolute Gasteiger partial charge is 0.325 e. The lowest BCUT2D eigenvalue weighted by Crippen LogP contribution is -2.20. The van der Waals surface area contributed by atoms with Crippen molar-refractivity contribution in [1.82, 2.24) is 0 Å². The number of nitrogens with one attached hydrogen (secondary N) is 1. The Morgan fingerprint density at radius 1 is 1.24 bits per heavy atom. The third-order valence-corrected chi connectivity index (χ3v) is 4.04. The van der Waals surface area contributed by atoms with Gasteiger partial charge in [0.1, 0.15) is 0 Å². The van der Waals surface area contributed by atoms with Crippen LogP contribution >= 0.6 is 11.6 Å². The van der Waals surface area contributed by atoms with E-state index in [2.05, 4.69) is 5.32 Å².